The van der Waals surface area contributed by atoms with Crippen molar-refractivity contribution < 1.29 is 9.90 Å². The molecule has 2 heterocycles. The van der Waals surface area contributed by atoms with Crippen molar-refractivity contribution in [2.45, 2.75) is 25.3 Å². The maximum atomic E-state index is 11.3. The zero-order chi connectivity index (χ0) is 13.4. The topological polar surface area (TPSA) is 94.0 Å². The molecule has 1 aliphatic rings. The van der Waals surface area contributed by atoms with Crippen LogP contribution in [-0.4, -0.2) is 25.8 Å². The van der Waals surface area contributed by atoms with Crippen molar-refractivity contribution in [3.63, 3.8) is 0 Å². The molecule has 2 aromatic heterocycles. The van der Waals surface area contributed by atoms with Gasteiger partial charge in [-0.1, -0.05) is 6.07 Å². The van der Waals surface area contributed by atoms with Gasteiger partial charge in [-0.15, -0.1) is 0 Å². The first-order valence-corrected chi connectivity index (χ1v) is 6.20. The SMILES string of the molecule is NC1CCCc2c1c(C(=O)O)nn2-c1ccccn1. The molecule has 0 aromatic carbocycles. The molecule has 19 heavy (non-hydrogen) atoms. The maximum absolute atomic E-state index is 11.3. The number of hydrogen-bond donors (Lipinski definition) is 2. The molecular formula is C13H14N4O2. The second kappa shape index (κ2) is 4.47. The quantitative estimate of drug-likeness (QED) is 0.846. The van der Waals surface area contributed by atoms with Gasteiger partial charge in [-0.3, -0.25) is 0 Å². The van der Waals surface area contributed by atoms with E-state index in [0.29, 0.717) is 11.4 Å². The molecule has 0 amide bonds. The molecule has 6 nitrogen and oxygen atoms in total. The van der Waals surface area contributed by atoms with E-state index in [1.807, 2.05) is 12.1 Å². The van der Waals surface area contributed by atoms with Crippen molar-refractivity contribution in [3.05, 3.63) is 41.3 Å². The van der Waals surface area contributed by atoms with E-state index >= 15 is 0 Å². The standard InChI is InChI=1S/C13H14N4O2/c14-8-4-3-5-9-11(8)12(13(18)19)16-17(9)10-6-1-2-7-15-10/h1-2,6-8H,3-5,14H2,(H,18,19). The number of carbonyl (C=O) groups is 1. The Bertz CT molecular complexity index is 621. The summed E-state index contributed by atoms with van der Waals surface area (Å²) < 4.78 is 1.61. The molecule has 3 N–H and O–H groups in total. The van der Waals surface area contributed by atoms with Gasteiger partial charge in [-0.2, -0.15) is 5.10 Å². The van der Waals surface area contributed by atoms with Gasteiger partial charge in [-0.25, -0.2) is 14.5 Å². The van der Waals surface area contributed by atoms with E-state index in [1.54, 1.807) is 16.9 Å². The van der Waals surface area contributed by atoms with Crippen LogP contribution in [0.4, 0.5) is 0 Å². The Labute approximate surface area is 109 Å². The minimum Gasteiger partial charge on any atom is -0.476 e. The second-order valence-electron chi connectivity index (χ2n) is 4.61. The molecule has 98 valence electrons. The smallest absolute Gasteiger partial charge is 0.356 e. The molecule has 1 aliphatic carbocycles. The Morgan fingerprint density at radius 3 is 3.00 bits per heavy atom. The van der Waals surface area contributed by atoms with Crippen LogP contribution in [0.25, 0.3) is 5.82 Å². The largest absolute Gasteiger partial charge is 0.476 e. The Balaban J connectivity index is 2.22. The van der Waals surface area contributed by atoms with Crippen molar-refractivity contribution in [2.75, 3.05) is 0 Å². The summed E-state index contributed by atoms with van der Waals surface area (Å²) >= 11 is 0. The summed E-state index contributed by atoms with van der Waals surface area (Å²) in [5, 5.41) is 13.5. The third-order valence-electron chi connectivity index (χ3n) is 3.39. The van der Waals surface area contributed by atoms with Crippen LogP contribution < -0.4 is 5.73 Å². The fourth-order valence-electron chi connectivity index (χ4n) is 2.56. The van der Waals surface area contributed by atoms with E-state index in [9.17, 15) is 9.90 Å². The highest BCUT2D eigenvalue weighted by Crippen LogP contribution is 2.31. The van der Waals surface area contributed by atoms with Crippen molar-refractivity contribution in [1.82, 2.24) is 14.8 Å². The highest BCUT2D eigenvalue weighted by Gasteiger charge is 2.30. The zero-order valence-electron chi connectivity index (χ0n) is 10.3. The Hall–Kier alpha value is -2.21. The number of carboxylic acids is 1. The molecule has 6 heteroatoms. The predicted octanol–water partition coefficient (Wildman–Crippen LogP) is 1.30. The molecule has 0 radical (unpaired) electrons. The highest BCUT2D eigenvalue weighted by molar-refractivity contribution is 5.88. The minimum absolute atomic E-state index is 0.0489. The Morgan fingerprint density at radius 2 is 2.32 bits per heavy atom. The Morgan fingerprint density at radius 1 is 1.47 bits per heavy atom. The normalized spacial score (nSPS) is 18.1. The van der Waals surface area contributed by atoms with Gasteiger partial charge >= 0.3 is 5.97 Å². The first kappa shape index (κ1) is 11.9. The first-order valence-electron chi connectivity index (χ1n) is 6.20. The van der Waals surface area contributed by atoms with E-state index in [2.05, 4.69) is 10.1 Å². The van der Waals surface area contributed by atoms with Gasteiger partial charge < -0.3 is 10.8 Å². The molecular weight excluding hydrogens is 244 g/mol. The lowest BCUT2D eigenvalue weighted by atomic mass is 9.91. The molecule has 0 saturated carbocycles. The summed E-state index contributed by atoms with van der Waals surface area (Å²) in [6, 6.07) is 5.20. The summed E-state index contributed by atoms with van der Waals surface area (Å²) in [6.07, 6.45) is 4.17. The van der Waals surface area contributed by atoms with Crippen LogP contribution in [0.3, 0.4) is 0 Å². The zero-order valence-corrected chi connectivity index (χ0v) is 10.3. The summed E-state index contributed by atoms with van der Waals surface area (Å²) in [5.74, 6) is -0.413. The van der Waals surface area contributed by atoms with E-state index in [0.717, 1.165) is 25.0 Å². The number of nitrogens with two attached hydrogens (primary N) is 1. The number of rotatable bonds is 2. The molecule has 0 fully saturated rings. The molecule has 1 atom stereocenters. The van der Waals surface area contributed by atoms with Crippen LogP contribution in [-0.2, 0) is 6.42 Å². The Kier molecular flexibility index (Phi) is 2.79. The van der Waals surface area contributed by atoms with Crippen LogP contribution >= 0.6 is 0 Å². The van der Waals surface area contributed by atoms with E-state index in [1.165, 1.54) is 0 Å². The molecule has 0 aliphatic heterocycles. The highest BCUT2D eigenvalue weighted by atomic mass is 16.4. The number of pyridine rings is 1. The van der Waals surface area contributed by atoms with Crippen molar-refractivity contribution in [1.29, 1.82) is 0 Å². The van der Waals surface area contributed by atoms with Gasteiger partial charge in [0.2, 0.25) is 0 Å². The molecule has 0 saturated heterocycles. The van der Waals surface area contributed by atoms with Crippen molar-refractivity contribution >= 4 is 5.97 Å². The average Bonchev–Trinajstić information content (AvgIpc) is 2.81. The fraction of sp³-hybridized carbons (Fsp3) is 0.308. The van der Waals surface area contributed by atoms with Crippen molar-refractivity contribution in [3.8, 4) is 5.82 Å². The van der Waals surface area contributed by atoms with Gasteiger partial charge in [0.25, 0.3) is 0 Å². The monoisotopic (exact) mass is 258 g/mol. The van der Waals surface area contributed by atoms with Crippen LogP contribution in [0.2, 0.25) is 0 Å². The number of nitrogens with zero attached hydrogens (tertiary/aromatic N) is 3. The summed E-state index contributed by atoms with van der Waals surface area (Å²) in [6.45, 7) is 0. The van der Waals surface area contributed by atoms with Crippen LogP contribution in [0.1, 0.15) is 40.6 Å². The van der Waals surface area contributed by atoms with E-state index in [4.69, 9.17) is 5.73 Å². The number of aromatic carboxylic acids is 1. The average molecular weight is 258 g/mol. The van der Waals surface area contributed by atoms with Gasteiger partial charge in [0, 0.05) is 17.8 Å². The minimum atomic E-state index is -1.04. The molecule has 0 bridgehead atoms. The molecule has 3 rings (SSSR count). The van der Waals surface area contributed by atoms with Gasteiger partial charge in [0.1, 0.15) is 0 Å². The van der Waals surface area contributed by atoms with E-state index in [-0.39, 0.29) is 11.7 Å². The number of fused-ring (bicyclic) bond motifs is 1. The molecule has 1 unspecified atom stereocenters. The number of aromatic nitrogens is 3. The third-order valence-corrected chi connectivity index (χ3v) is 3.39. The van der Waals surface area contributed by atoms with Gasteiger partial charge in [0.05, 0.1) is 5.69 Å². The number of hydrogen-bond acceptors (Lipinski definition) is 4. The van der Waals surface area contributed by atoms with E-state index < -0.39 is 5.97 Å². The van der Waals surface area contributed by atoms with Gasteiger partial charge in [-0.05, 0) is 31.4 Å². The third kappa shape index (κ3) is 1.90. The van der Waals surface area contributed by atoms with Gasteiger partial charge in [0.15, 0.2) is 11.5 Å². The van der Waals surface area contributed by atoms with Crippen LogP contribution in [0.5, 0.6) is 0 Å². The molecule has 2 aromatic rings. The lowest BCUT2D eigenvalue weighted by Gasteiger charge is -2.19. The van der Waals surface area contributed by atoms with Crippen LogP contribution in [0, 0.1) is 0 Å². The predicted molar refractivity (Wildman–Crippen MR) is 68.2 cm³/mol. The summed E-state index contributed by atoms with van der Waals surface area (Å²) in [5.41, 5.74) is 7.62. The maximum Gasteiger partial charge on any atom is 0.356 e. The molecule has 0 spiro atoms. The lowest BCUT2D eigenvalue weighted by Crippen LogP contribution is -2.20. The second-order valence-corrected chi connectivity index (χ2v) is 4.61. The fourth-order valence-corrected chi connectivity index (χ4v) is 2.56. The van der Waals surface area contributed by atoms with Crippen molar-refractivity contribution in [2.24, 2.45) is 5.73 Å². The summed E-state index contributed by atoms with van der Waals surface area (Å²) in [7, 11) is 0. The summed E-state index contributed by atoms with van der Waals surface area (Å²) in [4.78, 5) is 15.5. The van der Waals surface area contributed by atoms with Crippen LogP contribution in [0.15, 0.2) is 24.4 Å². The lowest BCUT2D eigenvalue weighted by molar-refractivity contribution is 0.0688. The first-order chi connectivity index (χ1) is 9.18. The number of carboxylic acid groups (broad SMARTS) is 1.